The Morgan fingerprint density at radius 3 is 2.14 bits per heavy atom. The van der Waals surface area contributed by atoms with E-state index in [1.807, 2.05) is 54.6 Å². The highest BCUT2D eigenvalue weighted by Gasteiger charge is 2.28. The van der Waals surface area contributed by atoms with Gasteiger partial charge in [-0.1, -0.05) is 54.6 Å². The van der Waals surface area contributed by atoms with Crippen LogP contribution in [0.3, 0.4) is 0 Å². The van der Waals surface area contributed by atoms with Crippen molar-refractivity contribution in [2.45, 2.75) is 32.4 Å². The molecule has 6 nitrogen and oxygen atoms in total. The fourth-order valence-electron chi connectivity index (χ4n) is 2.92. The van der Waals surface area contributed by atoms with Crippen molar-refractivity contribution >= 4 is 11.7 Å². The molecule has 3 rings (SSSR count). The topological polar surface area (TPSA) is 92.7 Å². The van der Waals surface area contributed by atoms with E-state index in [2.05, 4.69) is 5.32 Å². The summed E-state index contributed by atoms with van der Waals surface area (Å²) in [5, 5.41) is 12.2. The fraction of sp³-hybridized carbons (Fsp3) is 0.227. The Kier molecular flexibility index (Phi) is 5.59. The van der Waals surface area contributed by atoms with E-state index in [4.69, 9.17) is 4.74 Å². The lowest BCUT2D eigenvalue weighted by Crippen LogP contribution is -2.42. The van der Waals surface area contributed by atoms with Crippen LogP contribution in [0.1, 0.15) is 19.4 Å². The number of rotatable bonds is 8. The summed E-state index contributed by atoms with van der Waals surface area (Å²) in [7, 11) is 0. The van der Waals surface area contributed by atoms with Crippen molar-refractivity contribution in [3.8, 4) is 16.9 Å². The number of aliphatic carboxylic acids is 1. The number of carboxylic acids is 1. The normalized spacial score (nSPS) is 12.1. The van der Waals surface area contributed by atoms with E-state index in [0.717, 1.165) is 16.7 Å². The van der Waals surface area contributed by atoms with Crippen LogP contribution in [0.15, 0.2) is 64.2 Å². The zero-order valence-electron chi connectivity index (χ0n) is 15.6. The van der Waals surface area contributed by atoms with Gasteiger partial charge in [0.2, 0.25) is 0 Å². The van der Waals surface area contributed by atoms with Gasteiger partial charge in [0.05, 0.1) is 6.10 Å². The molecule has 144 valence electrons. The summed E-state index contributed by atoms with van der Waals surface area (Å²) >= 11 is 0. The Bertz CT molecular complexity index is 1030. The van der Waals surface area contributed by atoms with E-state index < -0.39 is 22.9 Å². The molecular weight excluding hydrogens is 358 g/mol. The lowest BCUT2D eigenvalue weighted by atomic mass is 10.0. The molecule has 0 spiro atoms. The number of hydrogen-bond acceptors (Lipinski definition) is 5. The second-order valence-electron chi connectivity index (χ2n) is 6.83. The highest BCUT2D eigenvalue weighted by atomic mass is 16.5. The Labute approximate surface area is 162 Å². The van der Waals surface area contributed by atoms with Crippen molar-refractivity contribution in [1.29, 1.82) is 0 Å². The van der Waals surface area contributed by atoms with Crippen LogP contribution >= 0.6 is 0 Å². The number of carboxylic acid groups (broad SMARTS) is 1. The van der Waals surface area contributed by atoms with Crippen molar-refractivity contribution in [1.82, 2.24) is 0 Å². The van der Waals surface area contributed by atoms with E-state index in [0.29, 0.717) is 0 Å². The quantitative estimate of drug-likeness (QED) is 0.585. The Morgan fingerprint density at radius 2 is 1.57 bits per heavy atom. The van der Waals surface area contributed by atoms with Crippen LogP contribution in [0.25, 0.3) is 11.1 Å². The van der Waals surface area contributed by atoms with Crippen LogP contribution in [0.5, 0.6) is 5.75 Å². The number of hydrogen-bond donors (Lipinski definition) is 2. The SMILES string of the molecule is CC(C)Oc1c(N[C@@H](Cc2ccc(-c3ccccc3)cc2)C(=O)O)c(=O)c1=O. The minimum atomic E-state index is -1.12. The third kappa shape index (κ3) is 4.11. The first-order valence-electron chi connectivity index (χ1n) is 9.00. The van der Waals surface area contributed by atoms with Gasteiger partial charge in [0.25, 0.3) is 10.9 Å². The number of ether oxygens (including phenoxy) is 1. The van der Waals surface area contributed by atoms with Crippen molar-refractivity contribution in [3.63, 3.8) is 0 Å². The number of nitrogens with one attached hydrogen (secondary N) is 1. The molecule has 0 bridgehead atoms. The van der Waals surface area contributed by atoms with Crippen molar-refractivity contribution < 1.29 is 14.6 Å². The maximum absolute atomic E-state index is 11.8. The van der Waals surface area contributed by atoms with Gasteiger partial charge in [-0.05, 0) is 30.5 Å². The zero-order chi connectivity index (χ0) is 20.3. The molecular formula is C22H21NO5. The molecule has 6 heteroatoms. The third-order valence-electron chi connectivity index (χ3n) is 4.34. The van der Waals surface area contributed by atoms with Crippen LogP contribution in [0.4, 0.5) is 5.69 Å². The van der Waals surface area contributed by atoms with Gasteiger partial charge in [0.1, 0.15) is 11.7 Å². The summed E-state index contributed by atoms with van der Waals surface area (Å²) in [6, 6.07) is 16.4. The molecule has 0 aromatic heterocycles. The minimum Gasteiger partial charge on any atom is -0.485 e. The summed E-state index contributed by atoms with van der Waals surface area (Å²) in [5.41, 5.74) is 1.35. The van der Waals surface area contributed by atoms with E-state index in [1.165, 1.54) is 0 Å². The maximum atomic E-state index is 11.8. The summed E-state index contributed by atoms with van der Waals surface area (Å²) in [4.78, 5) is 35.2. The van der Waals surface area contributed by atoms with Crippen LogP contribution < -0.4 is 20.9 Å². The zero-order valence-corrected chi connectivity index (χ0v) is 15.6. The molecule has 3 aromatic carbocycles. The Hall–Kier alpha value is -3.41. The molecule has 0 amide bonds. The van der Waals surface area contributed by atoms with Crippen LogP contribution in [-0.4, -0.2) is 23.2 Å². The van der Waals surface area contributed by atoms with Gasteiger partial charge in [-0.3, -0.25) is 9.59 Å². The van der Waals surface area contributed by atoms with E-state index >= 15 is 0 Å². The molecule has 2 N–H and O–H groups in total. The van der Waals surface area contributed by atoms with Gasteiger partial charge in [-0.2, -0.15) is 0 Å². The predicted octanol–water partition coefficient (Wildman–Crippen LogP) is 2.84. The lowest BCUT2D eigenvalue weighted by molar-refractivity contribution is -0.137. The molecule has 0 saturated carbocycles. The van der Waals surface area contributed by atoms with Gasteiger partial charge in [-0.15, -0.1) is 0 Å². The molecule has 0 aliphatic heterocycles. The molecule has 0 radical (unpaired) electrons. The molecule has 1 atom stereocenters. The first-order valence-corrected chi connectivity index (χ1v) is 9.00. The average Bonchev–Trinajstić information content (AvgIpc) is 2.70. The first kappa shape index (κ1) is 19.4. The predicted molar refractivity (Wildman–Crippen MR) is 108 cm³/mol. The highest BCUT2D eigenvalue weighted by Crippen LogP contribution is 2.22. The Balaban J connectivity index is 1.76. The van der Waals surface area contributed by atoms with Gasteiger partial charge in [0, 0.05) is 6.42 Å². The number of carbonyl (C=O) groups is 1. The van der Waals surface area contributed by atoms with Gasteiger partial charge in [-0.25, -0.2) is 4.79 Å². The molecule has 0 aliphatic rings. The second kappa shape index (κ2) is 8.08. The molecule has 0 heterocycles. The van der Waals surface area contributed by atoms with Crippen molar-refractivity contribution in [2.75, 3.05) is 5.32 Å². The van der Waals surface area contributed by atoms with Crippen molar-refractivity contribution in [3.05, 3.63) is 80.6 Å². The molecule has 0 aliphatic carbocycles. The molecule has 0 unspecified atom stereocenters. The van der Waals surface area contributed by atoms with Crippen LogP contribution in [0, 0.1) is 0 Å². The average molecular weight is 379 g/mol. The smallest absolute Gasteiger partial charge is 0.326 e. The Morgan fingerprint density at radius 1 is 0.964 bits per heavy atom. The largest absolute Gasteiger partial charge is 0.485 e. The first-order chi connectivity index (χ1) is 13.4. The second-order valence-corrected chi connectivity index (χ2v) is 6.83. The maximum Gasteiger partial charge on any atom is 0.326 e. The van der Waals surface area contributed by atoms with Gasteiger partial charge < -0.3 is 15.2 Å². The van der Waals surface area contributed by atoms with Crippen molar-refractivity contribution in [2.24, 2.45) is 0 Å². The standard InChI is InChI=1S/C22H21NO5/c1-13(2)28-21-18(19(24)20(21)25)23-17(22(26)27)12-14-8-10-16(11-9-14)15-6-4-3-5-7-15/h3-11,13,17,23H,12H2,1-2H3,(H,26,27)/t17-/m0/s1. The summed E-state index contributed by atoms with van der Waals surface area (Å²) in [6.07, 6.45) is -0.137. The minimum absolute atomic E-state index is 0.0630. The van der Waals surface area contributed by atoms with E-state index in [9.17, 15) is 19.5 Å². The molecule has 0 fully saturated rings. The van der Waals surface area contributed by atoms with E-state index in [-0.39, 0.29) is 24.0 Å². The lowest BCUT2D eigenvalue weighted by Gasteiger charge is -2.20. The van der Waals surface area contributed by atoms with Crippen LogP contribution in [-0.2, 0) is 11.2 Å². The monoisotopic (exact) mass is 379 g/mol. The number of benzene rings is 2. The third-order valence-corrected chi connectivity index (χ3v) is 4.34. The fourth-order valence-corrected chi connectivity index (χ4v) is 2.92. The summed E-state index contributed by atoms with van der Waals surface area (Å²) in [5.74, 6) is -1.21. The summed E-state index contributed by atoms with van der Waals surface area (Å²) in [6.45, 7) is 3.45. The van der Waals surface area contributed by atoms with Crippen LogP contribution in [0.2, 0.25) is 0 Å². The highest BCUT2D eigenvalue weighted by molar-refractivity contribution is 5.79. The molecule has 3 aromatic rings. The summed E-state index contributed by atoms with van der Waals surface area (Å²) < 4.78 is 5.33. The van der Waals surface area contributed by atoms with Gasteiger partial charge >= 0.3 is 5.97 Å². The van der Waals surface area contributed by atoms with Gasteiger partial charge in [0.15, 0.2) is 5.75 Å². The molecule has 28 heavy (non-hydrogen) atoms. The number of anilines is 1. The molecule has 0 saturated heterocycles. The van der Waals surface area contributed by atoms with E-state index in [1.54, 1.807) is 13.8 Å².